The zero-order chi connectivity index (χ0) is 11.7. The summed E-state index contributed by atoms with van der Waals surface area (Å²) in [5.41, 5.74) is 1.91. The fourth-order valence-electron chi connectivity index (χ4n) is 1.99. The number of nitrogens with zero attached hydrogens (tertiary/aromatic N) is 2. The highest BCUT2D eigenvalue weighted by atomic mass is 16.3. The number of hydrogen-bond acceptors (Lipinski definition) is 3. The Morgan fingerprint density at radius 3 is 2.81 bits per heavy atom. The molecule has 1 aromatic heterocycles. The second kappa shape index (κ2) is 4.14. The van der Waals surface area contributed by atoms with Crippen molar-refractivity contribution < 1.29 is 5.11 Å². The molecule has 0 bridgehead atoms. The summed E-state index contributed by atoms with van der Waals surface area (Å²) in [6, 6.07) is 5.61. The Kier molecular flexibility index (Phi) is 2.83. The van der Waals surface area contributed by atoms with Gasteiger partial charge in [-0.2, -0.15) is 0 Å². The SMILES string of the molecule is CNCc1nc2ccc(O)cc2n1C(C)C. The molecule has 2 N–H and O–H groups in total. The molecule has 1 aromatic carbocycles. The first kappa shape index (κ1) is 11.0. The second-order valence-electron chi connectivity index (χ2n) is 4.20. The minimum absolute atomic E-state index is 0.283. The van der Waals surface area contributed by atoms with Gasteiger partial charge in [0, 0.05) is 12.1 Å². The van der Waals surface area contributed by atoms with E-state index >= 15 is 0 Å². The summed E-state index contributed by atoms with van der Waals surface area (Å²) in [6.07, 6.45) is 0. The van der Waals surface area contributed by atoms with Crippen LogP contribution in [-0.4, -0.2) is 21.7 Å². The molecule has 86 valence electrons. The van der Waals surface area contributed by atoms with E-state index in [0.29, 0.717) is 6.04 Å². The van der Waals surface area contributed by atoms with Gasteiger partial charge in [0.05, 0.1) is 17.6 Å². The summed E-state index contributed by atoms with van der Waals surface area (Å²) >= 11 is 0. The van der Waals surface area contributed by atoms with Crippen molar-refractivity contribution in [3.63, 3.8) is 0 Å². The maximum Gasteiger partial charge on any atom is 0.124 e. The molecular formula is C12H17N3O. The van der Waals surface area contributed by atoms with Crippen molar-refractivity contribution in [2.24, 2.45) is 0 Å². The molecule has 0 unspecified atom stereocenters. The van der Waals surface area contributed by atoms with E-state index < -0.39 is 0 Å². The number of aromatic nitrogens is 2. The average Bonchev–Trinajstić information content (AvgIpc) is 2.55. The first-order valence-electron chi connectivity index (χ1n) is 5.48. The van der Waals surface area contributed by atoms with Gasteiger partial charge in [0.2, 0.25) is 0 Å². The lowest BCUT2D eigenvalue weighted by atomic mass is 10.2. The van der Waals surface area contributed by atoms with E-state index in [9.17, 15) is 5.11 Å². The van der Waals surface area contributed by atoms with Crippen LogP contribution in [0.25, 0.3) is 11.0 Å². The Morgan fingerprint density at radius 2 is 2.19 bits per heavy atom. The normalized spacial score (nSPS) is 11.5. The zero-order valence-electron chi connectivity index (χ0n) is 9.86. The van der Waals surface area contributed by atoms with Gasteiger partial charge < -0.3 is 15.0 Å². The quantitative estimate of drug-likeness (QED) is 0.830. The van der Waals surface area contributed by atoms with Crippen molar-refractivity contribution in [2.45, 2.75) is 26.4 Å². The lowest BCUT2D eigenvalue weighted by molar-refractivity contribution is 0.475. The molecule has 0 aliphatic carbocycles. The molecule has 0 fully saturated rings. The molecule has 0 saturated heterocycles. The van der Waals surface area contributed by atoms with Crippen molar-refractivity contribution in [3.8, 4) is 5.75 Å². The van der Waals surface area contributed by atoms with Gasteiger partial charge >= 0.3 is 0 Å². The number of nitrogens with one attached hydrogen (secondary N) is 1. The van der Waals surface area contributed by atoms with Crippen LogP contribution in [0.5, 0.6) is 5.75 Å². The van der Waals surface area contributed by atoms with Crippen molar-refractivity contribution in [1.29, 1.82) is 0 Å². The van der Waals surface area contributed by atoms with Gasteiger partial charge in [0.25, 0.3) is 0 Å². The fourth-order valence-corrected chi connectivity index (χ4v) is 1.99. The summed E-state index contributed by atoms with van der Waals surface area (Å²) in [4.78, 5) is 4.55. The highest BCUT2D eigenvalue weighted by Gasteiger charge is 2.12. The summed E-state index contributed by atoms with van der Waals surface area (Å²) in [7, 11) is 1.90. The van der Waals surface area contributed by atoms with Gasteiger partial charge in [-0.05, 0) is 33.0 Å². The molecule has 0 amide bonds. The zero-order valence-corrected chi connectivity index (χ0v) is 9.86. The number of rotatable bonds is 3. The number of fused-ring (bicyclic) bond motifs is 1. The minimum atomic E-state index is 0.283. The van der Waals surface area contributed by atoms with Gasteiger partial charge in [-0.15, -0.1) is 0 Å². The Balaban J connectivity index is 2.67. The average molecular weight is 219 g/mol. The predicted molar refractivity (Wildman–Crippen MR) is 64.5 cm³/mol. The lowest BCUT2D eigenvalue weighted by Crippen LogP contribution is -2.13. The first-order valence-corrected chi connectivity index (χ1v) is 5.48. The van der Waals surface area contributed by atoms with E-state index in [-0.39, 0.29) is 5.75 Å². The van der Waals surface area contributed by atoms with Crippen molar-refractivity contribution in [1.82, 2.24) is 14.9 Å². The number of aromatic hydroxyl groups is 1. The van der Waals surface area contributed by atoms with Crippen LogP contribution in [0.1, 0.15) is 25.7 Å². The molecule has 2 rings (SSSR count). The van der Waals surface area contributed by atoms with Gasteiger partial charge in [0.15, 0.2) is 0 Å². The van der Waals surface area contributed by atoms with Crippen LogP contribution in [0.3, 0.4) is 0 Å². The molecule has 1 heterocycles. The van der Waals surface area contributed by atoms with E-state index in [1.165, 1.54) is 0 Å². The smallest absolute Gasteiger partial charge is 0.124 e. The largest absolute Gasteiger partial charge is 0.508 e. The number of phenolic OH excluding ortho intramolecular Hbond substituents is 1. The van der Waals surface area contributed by atoms with E-state index in [1.54, 1.807) is 12.1 Å². The third-order valence-electron chi connectivity index (χ3n) is 2.60. The summed E-state index contributed by atoms with van der Waals surface area (Å²) in [6.45, 7) is 4.96. The minimum Gasteiger partial charge on any atom is -0.508 e. The molecular weight excluding hydrogens is 202 g/mol. The van der Waals surface area contributed by atoms with E-state index in [4.69, 9.17) is 0 Å². The van der Waals surface area contributed by atoms with E-state index in [0.717, 1.165) is 23.4 Å². The second-order valence-corrected chi connectivity index (χ2v) is 4.20. The predicted octanol–water partition coefficient (Wildman–Crippen LogP) is 2.04. The third-order valence-corrected chi connectivity index (χ3v) is 2.60. The summed E-state index contributed by atoms with van der Waals surface area (Å²) in [5, 5.41) is 12.6. The van der Waals surface area contributed by atoms with Crippen LogP contribution >= 0.6 is 0 Å². The molecule has 0 aliphatic rings. The number of benzene rings is 1. The molecule has 16 heavy (non-hydrogen) atoms. The van der Waals surface area contributed by atoms with Crippen molar-refractivity contribution in [3.05, 3.63) is 24.0 Å². The lowest BCUT2D eigenvalue weighted by Gasteiger charge is -2.12. The topological polar surface area (TPSA) is 50.1 Å². The molecule has 0 aliphatic heterocycles. The molecule has 2 aromatic rings. The first-order chi connectivity index (χ1) is 7.63. The van der Waals surface area contributed by atoms with Gasteiger partial charge in [0.1, 0.15) is 11.6 Å². The molecule has 0 saturated carbocycles. The fraction of sp³-hybridized carbons (Fsp3) is 0.417. The molecule has 0 atom stereocenters. The third kappa shape index (κ3) is 1.76. The standard InChI is InChI=1S/C12H17N3O/c1-8(2)15-11-6-9(16)4-5-10(11)14-12(15)7-13-3/h4-6,8,13,16H,7H2,1-3H3. The van der Waals surface area contributed by atoms with Crippen LogP contribution in [0.4, 0.5) is 0 Å². The Morgan fingerprint density at radius 1 is 1.44 bits per heavy atom. The Labute approximate surface area is 94.9 Å². The molecule has 0 spiro atoms. The van der Waals surface area contributed by atoms with Gasteiger partial charge in [-0.3, -0.25) is 0 Å². The molecule has 4 nitrogen and oxygen atoms in total. The summed E-state index contributed by atoms with van der Waals surface area (Å²) < 4.78 is 2.14. The summed E-state index contributed by atoms with van der Waals surface area (Å²) in [5.74, 6) is 1.28. The Hall–Kier alpha value is -1.55. The van der Waals surface area contributed by atoms with Crippen LogP contribution in [0.15, 0.2) is 18.2 Å². The van der Waals surface area contributed by atoms with Crippen molar-refractivity contribution in [2.75, 3.05) is 7.05 Å². The maximum absolute atomic E-state index is 9.52. The number of hydrogen-bond donors (Lipinski definition) is 2. The number of phenols is 1. The molecule has 0 radical (unpaired) electrons. The van der Waals surface area contributed by atoms with E-state index in [2.05, 4.69) is 28.7 Å². The number of imidazole rings is 1. The van der Waals surface area contributed by atoms with Crippen LogP contribution < -0.4 is 5.32 Å². The van der Waals surface area contributed by atoms with Crippen LogP contribution in [-0.2, 0) is 6.54 Å². The highest BCUT2D eigenvalue weighted by molar-refractivity contribution is 5.77. The monoisotopic (exact) mass is 219 g/mol. The van der Waals surface area contributed by atoms with Crippen LogP contribution in [0.2, 0.25) is 0 Å². The van der Waals surface area contributed by atoms with Crippen molar-refractivity contribution >= 4 is 11.0 Å². The highest BCUT2D eigenvalue weighted by Crippen LogP contribution is 2.24. The Bertz CT molecular complexity index is 502. The van der Waals surface area contributed by atoms with Crippen LogP contribution in [0, 0.1) is 0 Å². The molecule has 4 heteroatoms. The maximum atomic E-state index is 9.52. The van der Waals surface area contributed by atoms with Gasteiger partial charge in [-0.1, -0.05) is 0 Å². The van der Waals surface area contributed by atoms with Gasteiger partial charge in [-0.25, -0.2) is 4.98 Å². The van der Waals surface area contributed by atoms with E-state index in [1.807, 2.05) is 13.1 Å².